The molecule has 1 aromatic heterocycles. The van der Waals surface area contributed by atoms with Crippen molar-refractivity contribution in [3.8, 4) is 5.69 Å². The Bertz CT molecular complexity index is 2430. The van der Waals surface area contributed by atoms with Gasteiger partial charge in [0, 0.05) is 38.6 Å². The second-order valence-corrected chi connectivity index (χ2v) is 12.8. The number of benzene rings is 6. The van der Waals surface area contributed by atoms with Crippen molar-refractivity contribution in [2.45, 2.75) is 5.41 Å². The first-order valence-electron chi connectivity index (χ1n) is 16.3. The molecule has 0 radical (unpaired) electrons. The van der Waals surface area contributed by atoms with E-state index in [4.69, 9.17) is 0 Å². The molecule has 1 unspecified atom stereocenters. The van der Waals surface area contributed by atoms with Gasteiger partial charge >= 0.3 is 21.1 Å². The van der Waals surface area contributed by atoms with E-state index in [1.54, 1.807) is 0 Å². The van der Waals surface area contributed by atoms with Gasteiger partial charge in [-0.2, -0.15) is 43.7 Å². The fourth-order valence-electron chi connectivity index (χ4n) is 8.09. The molecule has 0 bridgehead atoms. The van der Waals surface area contributed by atoms with Crippen LogP contribution in [-0.4, -0.2) is 23.6 Å². The summed E-state index contributed by atoms with van der Waals surface area (Å²) in [7, 11) is 4.15. The van der Waals surface area contributed by atoms with Crippen LogP contribution in [0, 0.1) is 25.5 Å². The molecule has 0 amide bonds. The van der Waals surface area contributed by atoms with Gasteiger partial charge in [-0.15, -0.1) is 34.6 Å². The van der Waals surface area contributed by atoms with Crippen LogP contribution in [0.4, 0.5) is 22.7 Å². The Labute approximate surface area is 301 Å². The molecule has 5 nitrogen and oxygen atoms in total. The number of fused-ring (bicyclic) bond motifs is 6. The molecular formula is C43H31N5Pt. The molecule has 0 saturated carbocycles. The van der Waals surface area contributed by atoms with Crippen molar-refractivity contribution in [1.82, 2.24) is 9.47 Å². The van der Waals surface area contributed by atoms with Gasteiger partial charge in [0.2, 0.25) is 0 Å². The summed E-state index contributed by atoms with van der Waals surface area (Å²) in [5, 5.41) is 2.49. The summed E-state index contributed by atoms with van der Waals surface area (Å²) in [6.45, 7) is 4.24. The van der Waals surface area contributed by atoms with Gasteiger partial charge in [-0.3, -0.25) is 0 Å². The number of anilines is 4. The summed E-state index contributed by atoms with van der Waals surface area (Å²) in [5.41, 5.74) is 11.7. The Morgan fingerprint density at radius 3 is 2.18 bits per heavy atom. The van der Waals surface area contributed by atoms with Crippen LogP contribution in [0.5, 0.6) is 0 Å². The van der Waals surface area contributed by atoms with Gasteiger partial charge in [-0.1, -0.05) is 84.6 Å². The Morgan fingerprint density at radius 1 is 0.592 bits per heavy atom. The van der Waals surface area contributed by atoms with Crippen LogP contribution in [0.25, 0.3) is 27.5 Å². The van der Waals surface area contributed by atoms with Crippen LogP contribution in [0.1, 0.15) is 22.3 Å². The molecule has 10 rings (SSSR count). The van der Waals surface area contributed by atoms with Crippen LogP contribution in [0.3, 0.4) is 0 Å². The van der Waals surface area contributed by atoms with Crippen molar-refractivity contribution in [2.24, 2.45) is 0 Å². The molecule has 238 valence electrons. The summed E-state index contributed by atoms with van der Waals surface area (Å²) in [5.74, 6) is 0. The summed E-state index contributed by atoms with van der Waals surface area (Å²) in [6, 6.07) is 54.1. The molecule has 4 heterocycles. The number of rotatable bonds is 4. The summed E-state index contributed by atoms with van der Waals surface area (Å²) < 4.78 is 2.45. The Morgan fingerprint density at radius 2 is 1.35 bits per heavy atom. The average molecular weight is 813 g/mol. The van der Waals surface area contributed by atoms with Gasteiger partial charge in [0.15, 0.2) is 0 Å². The molecule has 3 aliphatic heterocycles. The van der Waals surface area contributed by atoms with E-state index in [9.17, 15) is 0 Å². The molecule has 0 saturated heterocycles. The number of hydrogen-bond donors (Lipinski definition) is 0. The SMILES string of the molecule is CN1C=CN(c2[c-]c3c(cc2)-n2c4ccccc4c4cccc(c42)C3(c2[c-]c(N3[CH-]N(C)c4ccccc43)ccc2)c2ccccc2)[CH-]1.[Pt+4]. The zero-order valence-corrected chi connectivity index (χ0v) is 29.3. The van der Waals surface area contributed by atoms with Crippen molar-refractivity contribution >= 4 is 44.6 Å². The minimum Gasteiger partial charge on any atom is -0.510 e. The van der Waals surface area contributed by atoms with E-state index in [-0.39, 0.29) is 21.1 Å². The Hall–Kier alpha value is -5.25. The van der Waals surface area contributed by atoms with Gasteiger partial charge in [-0.25, -0.2) is 0 Å². The third kappa shape index (κ3) is 4.15. The van der Waals surface area contributed by atoms with Crippen LogP contribution < -0.4 is 14.7 Å². The first kappa shape index (κ1) is 29.9. The maximum atomic E-state index is 4.01. The monoisotopic (exact) mass is 812 g/mol. The van der Waals surface area contributed by atoms with Gasteiger partial charge < -0.3 is 24.2 Å². The van der Waals surface area contributed by atoms with E-state index in [1.807, 2.05) is 7.05 Å². The Balaban J connectivity index is 0.00000325. The largest absolute Gasteiger partial charge is 4.00 e. The van der Waals surface area contributed by atoms with Crippen molar-refractivity contribution in [2.75, 3.05) is 28.8 Å². The third-order valence-electron chi connectivity index (χ3n) is 10.1. The second-order valence-electron chi connectivity index (χ2n) is 12.8. The van der Waals surface area contributed by atoms with Crippen molar-refractivity contribution in [1.29, 1.82) is 0 Å². The van der Waals surface area contributed by atoms with Crippen molar-refractivity contribution in [3.05, 3.63) is 188 Å². The molecule has 7 aromatic rings. The van der Waals surface area contributed by atoms with Gasteiger partial charge in [0.05, 0.1) is 0 Å². The molecule has 49 heavy (non-hydrogen) atoms. The van der Waals surface area contributed by atoms with E-state index in [2.05, 4.69) is 196 Å². The fraction of sp³-hybridized carbons (Fsp3) is 0.0698. The quantitative estimate of drug-likeness (QED) is 0.165. The minimum absolute atomic E-state index is 0. The number of nitrogens with zero attached hydrogens (tertiary/aromatic N) is 5. The molecule has 0 fully saturated rings. The molecule has 1 atom stereocenters. The minimum atomic E-state index is -0.715. The summed E-state index contributed by atoms with van der Waals surface area (Å²) in [6.07, 6.45) is 4.15. The third-order valence-corrected chi connectivity index (χ3v) is 10.1. The van der Waals surface area contributed by atoms with Crippen LogP contribution in [-0.2, 0) is 26.5 Å². The molecule has 6 aromatic carbocycles. The van der Waals surface area contributed by atoms with Crippen LogP contribution in [0.2, 0.25) is 0 Å². The number of aromatic nitrogens is 1. The van der Waals surface area contributed by atoms with E-state index in [0.29, 0.717) is 0 Å². The molecule has 0 N–H and O–H groups in total. The maximum Gasteiger partial charge on any atom is 4.00 e. The number of para-hydroxylation sites is 4. The predicted molar refractivity (Wildman–Crippen MR) is 195 cm³/mol. The molecule has 3 aliphatic rings. The van der Waals surface area contributed by atoms with Gasteiger partial charge in [0.1, 0.15) is 0 Å². The molecule has 0 aliphatic carbocycles. The zero-order valence-electron chi connectivity index (χ0n) is 27.0. The molecule has 0 spiro atoms. The van der Waals surface area contributed by atoms with Gasteiger partial charge in [-0.05, 0) is 55.8 Å². The summed E-state index contributed by atoms with van der Waals surface area (Å²) in [4.78, 5) is 8.63. The zero-order chi connectivity index (χ0) is 32.0. The first-order chi connectivity index (χ1) is 23.6. The fourth-order valence-corrected chi connectivity index (χ4v) is 8.09. The number of hydrogen-bond acceptors (Lipinski definition) is 4. The van der Waals surface area contributed by atoms with E-state index < -0.39 is 5.41 Å². The van der Waals surface area contributed by atoms with Crippen LogP contribution in [0.15, 0.2) is 140 Å². The first-order valence-corrected chi connectivity index (χ1v) is 16.3. The average Bonchev–Trinajstić information content (AvgIpc) is 3.83. The van der Waals surface area contributed by atoms with Crippen LogP contribution >= 0.6 is 0 Å². The maximum absolute atomic E-state index is 4.01. The Kier molecular flexibility index (Phi) is 6.79. The smallest absolute Gasteiger partial charge is 0.510 e. The van der Waals surface area contributed by atoms with E-state index >= 15 is 0 Å². The predicted octanol–water partition coefficient (Wildman–Crippen LogP) is 9.13. The normalized spacial score (nSPS) is 17.5. The van der Waals surface area contributed by atoms with Gasteiger partial charge in [0.25, 0.3) is 0 Å². The summed E-state index contributed by atoms with van der Waals surface area (Å²) >= 11 is 0. The molecular weight excluding hydrogens is 782 g/mol. The standard InChI is InChI=1S/C43H31N5.Pt/c1-44-24-25-46(28-44)32-22-23-39-37(27-32)43(30-12-4-3-5-13-30,36-18-11-17-35-34-16-6-7-19-38(34)48(39)42(35)36)31-14-10-15-33(26-31)47-29-45(2)40-20-8-9-21-41(40)47;/h3-25,28-29H,1-2H3;/q-4;+4. The second kappa shape index (κ2) is 11.1. The van der Waals surface area contributed by atoms with Crippen molar-refractivity contribution in [3.63, 3.8) is 0 Å². The van der Waals surface area contributed by atoms with E-state index in [1.165, 1.54) is 38.6 Å². The van der Waals surface area contributed by atoms with E-state index in [0.717, 1.165) is 33.9 Å². The topological polar surface area (TPSA) is 17.9 Å². The van der Waals surface area contributed by atoms with Crippen molar-refractivity contribution < 1.29 is 21.1 Å². The molecule has 6 heteroatoms.